The third-order valence-electron chi connectivity index (χ3n) is 3.54. The van der Waals surface area contributed by atoms with Gasteiger partial charge in [-0.2, -0.15) is 13.2 Å². The number of fused-ring (bicyclic) bond motifs is 1. The molecule has 0 saturated heterocycles. The number of cyclic esters (lactones) is 1. The lowest BCUT2D eigenvalue weighted by Gasteiger charge is -2.22. The van der Waals surface area contributed by atoms with Crippen LogP contribution in [0.1, 0.15) is 23.9 Å². The van der Waals surface area contributed by atoms with Crippen LogP contribution in [0, 0.1) is 0 Å². The second-order valence-electron chi connectivity index (χ2n) is 4.97. The fraction of sp³-hybridized carbons (Fsp3) is 0.286. The largest absolute Gasteiger partial charge is 0.431 e. The Morgan fingerprint density at radius 3 is 2.52 bits per heavy atom. The highest BCUT2D eigenvalue weighted by atomic mass is 19.4. The Labute approximate surface area is 118 Å². The number of pyridine rings is 1. The standard InChI is InChI=1S/C14H11F3N2O2/c1-13(9-4-6-18-7-5-9)11-3-2-10(8-14(15,16)17)19(11)12(20)21-13/h2-7H,8H2,1H3. The van der Waals surface area contributed by atoms with Crippen molar-refractivity contribution in [3.63, 3.8) is 0 Å². The average Bonchev–Trinajstić information content (AvgIpc) is 2.92. The van der Waals surface area contributed by atoms with Crippen LogP contribution in [0.3, 0.4) is 0 Å². The molecule has 2 aromatic rings. The van der Waals surface area contributed by atoms with E-state index in [9.17, 15) is 18.0 Å². The van der Waals surface area contributed by atoms with Gasteiger partial charge in [0.2, 0.25) is 0 Å². The third-order valence-corrected chi connectivity index (χ3v) is 3.54. The number of hydrogen-bond acceptors (Lipinski definition) is 3. The van der Waals surface area contributed by atoms with Gasteiger partial charge in [0, 0.05) is 23.7 Å². The number of alkyl halides is 3. The summed E-state index contributed by atoms with van der Waals surface area (Å²) in [6.45, 7) is 1.65. The second kappa shape index (κ2) is 4.34. The van der Waals surface area contributed by atoms with Gasteiger partial charge in [0.05, 0.1) is 12.1 Å². The van der Waals surface area contributed by atoms with Crippen molar-refractivity contribution in [1.82, 2.24) is 9.55 Å². The average molecular weight is 296 g/mol. The monoisotopic (exact) mass is 296 g/mol. The number of hydrogen-bond donors (Lipinski definition) is 0. The lowest BCUT2D eigenvalue weighted by molar-refractivity contribution is -0.128. The quantitative estimate of drug-likeness (QED) is 0.854. The molecular weight excluding hydrogens is 285 g/mol. The third kappa shape index (κ3) is 2.18. The van der Waals surface area contributed by atoms with Gasteiger partial charge in [-0.1, -0.05) is 0 Å². The smallest absolute Gasteiger partial charge is 0.419 e. The lowest BCUT2D eigenvalue weighted by atomic mass is 9.94. The summed E-state index contributed by atoms with van der Waals surface area (Å²) < 4.78 is 44.0. The van der Waals surface area contributed by atoms with E-state index in [-0.39, 0.29) is 5.69 Å². The first-order chi connectivity index (χ1) is 9.81. The number of rotatable bonds is 2. The summed E-state index contributed by atoms with van der Waals surface area (Å²) in [6.07, 6.45) is -3.28. The summed E-state index contributed by atoms with van der Waals surface area (Å²) in [5, 5.41) is 0. The first-order valence-electron chi connectivity index (χ1n) is 6.23. The van der Waals surface area contributed by atoms with Crippen LogP contribution in [0.15, 0.2) is 36.7 Å². The van der Waals surface area contributed by atoms with Gasteiger partial charge in [-0.05, 0) is 31.2 Å². The minimum absolute atomic E-state index is 0.125. The minimum Gasteiger partial charge on any atom is -0.431 e. The molecule has 0 aromatic carbocycles. The molecule has 0 saturated carbocycles. The number of carbonyl (C=O) groups excluding carboxylic acids is 1. The van der Waals surface area contributed by atoms with Crippen molar-refractivity contribution in [2.24, 2.45) is 0 Å². The summed E-state index contributed by atoms with van der Waals surface area (Å²) in [5.74, 6) is 0. The molecule has 1 aliphatic heterocycles. The lowest BCUT2D eigenvalue weighted by Crippen LogP contribution is -2.23. The van der Waals surface area contributed by atoms with Crippen LogP contribution in [-0.4, -0.2) is 21.8 Å². The van der Waals surface area contributed by atoms with E-state index < -0.39 is 24.3 Å². The molecule has 4 nitrogen and oxygen atoms in total. The Morgan fingerprint density at radius 2 is 1.90 bits per heavy atom. The Hall–Kier alpha value is -2.31. The molecule has 3 heterocycles. The van der Waals surface area contributed by atoms with Crippen molar-refractivity contribution in [2.45, 2.75) is 25.1 Å². The van der Waals surface area contributed by atoms with Crippen LogP contribution in [0.2, 0.25) is 0 Å². The number of carbonyl (C=O) groups is 1. The van der Waals surface area contributed by atoms with Crippen molar-refractivity contribution >= 4 is 6.09 Å². The first-order valence-corrected chi connectivity index (χ1v) is 6.23. The summed E-state index contributed by atoms with van der Waals surface area (Å²) in [5.41, 5.74) is -0.191. The van der Waals surface area contributed by atoms with Crippen LogP contribution in [0.4, 0.5) is 18.0 Å². The molecule has 0 fully saturated rings. The number of nitrogens with zero attached hydrogens (tertiary/aromatic N) is 2. The highest BCUT2D eigenvalue weighted by molar-refractivity contribution is 5.78. The van der Waals surface area contributed by atoms with Gasteiger partial charge < -0.3 is 4.74 Å². The summed E-state index contributed by atoms with van der Waals surface area (Å²) in [7, 11) is 0. The van der Waals surface area contributed by atoms with Crippen molar-refractivity contribution in [2.75, 3.05) is 0 Å². The fourth-order valence-corrected chi connectivity index (χ4v) is 2.56. The normalized spacial score (nSPS) is 21.2. The molecule has 1 unspecified atom stereocenters. The van der Waals surface area contributed by atoms with E-state index in [1.54, 1.807) is 19.1 Å². The van der Waals surface area contributed by atoms with Crippen molar-refractivity contribution in [3.05, 3.63) is 53.6 Å². The van der Waals surface area contributed by atoms with Crippen LogP contribution >= 0.6 is 0 Å². The highest BCUT2D eigenvalue weighted by Gasteiger charge is 2.45. The van der Waals surface area contributed by atoms with Crippen molar-refractivity contribution in [3.8, 4) is 0 Å². The maximum Gasteiger partial charge on any atom is 0.419 e. The zero-order valence-corrected chi connectivity index (χ0v) is 11.0. The maximum absolute atomic E-state index is 12.6. The second-order valence-corrected chi connectivity index (χ2v) is 4.97. The number of ether oxygens (including phenoxy) is 1. The molecule has 3 rings (SSSR count). The van der Waals surface area contributed by atoms with Gasteiger partial charge in [-0.25, -0.2) is 9.36 Å². The molecule has 1 aliphatic rings. The molecule has 0 N–H and O–H groups in total. The Bertz CT molecular complexity index is 694. The zero-order valence-electron chi connectivity index (χ0n) is 11.0. The molecule has 7 heteroatoms. The van der Waals surface area contributed by atoms with Gasteiger partial charge in [0.15, 0.2) is 5.60 Å². The predicted octanol–water partition coefficient (Wildman–Crippen LogP) is 3.25. The van der Waals surface area contributed by atoms with E-state index in [1.165, 1.54) is 24.5 Å². The van der Waals surface area contributed by atoms with Crippen molar-refractivity contribution in [1.29, 1.82) is 0 Å². The first kappa shape index (κ1) is 13.7. The Morgan fingerprint density at radius 1 is 1.24 bits per heavy atom. The van der Waals surface area contributed by atoms with E-state index in [1.807, 2.05) is 0 Å². The van der Waals surface area contributed by atoms with Gasteiger partial charge in [0.25, 0.3) is 0 Å². The molecule has 1 atom stereocenters. The Kier molecular flexibility index (Phi) is 2.82. The molecule has 0 amide bonds. The Balaban J connectivity index is 2.08. The molecule has 0 radical (unpaired) electrons. The summed E-state index contributed by atoms with van der Waals surface area (Å²) >= 11 is 0. The van der Waals surface area contributed by atoms with Gasteiger partial charge >= 0.3 is 12.3 Å². The molecular formula is C14H11F3N2O2. The van der Waals surface area contributed by atoms with Crippen molar-refractivity contribution < 1.29 is 22.7 Å². The predicted molar refractivity (Wildman–Crippen MR) is 66.8 cm³/mol. The van der Waals surface area contributed by atoms with Gasteiger partial charge in [-0.3, -0.25) is 4.98 Å². The topological polar surface area (TPSA) is 44.1 Å². The van der Waals surface area contributed by atoms with E-state index >= 15 is 0 Å². The number of halogens is 3. The molecule has 2 aromatic heterocycles. The summed E-state index contributed by atoms with van der Waals surface area (Å²) in [4.78, 5) is 15.9. The minimum atomic E-state index is -4.38. The van der Waals surface area contributed by atoms with E-state index in [4.69, 9.17) is 4.74 Å². The molecule has 0 spiro atoms. The molecule has 21 heavy (non-hydrogen) atoms. The maximum atomic E-state index is 12.6. The van der Waals surface area contributed by atoms with E-state index in [0.717, 1.165) is 4.57 Å². The van der Waals surface area contributed by atoms with Crippen LogP contribution in [0.5, 0.6) is 0 Å². The SMILES string of the molecule is CC1(c2ccncc2)OC(=O)n2c(CC(F)(F)F)ccc21. The zero-order chi connectivity index (χ0) is 15.3. The molecule has 0 aliphatic carbocycles. The fourth-order valence-electron chi connectivity index (χ4n) is 2.56. The van der Waals surface area contributed by atoms with Crippen LogP contribution < -0.4 is 0 Å². The number of aromatic nitrogens is 2. The molecule has 0 bridgehead atoms. The summed E-state index contributed by atoms with van der Waals surface area (Å²) in [6, 6.07) is 6.13. The van der Waals surface area contributed by atoms with Crippen LogP contribution in [-0.2, 0) is 16.8 Å². The molecule has 110 valence electrons. The van der Waals surface area contributed by atoms with Gasteiger partial charge in [0.1, 0.15) is 0 Å². The van der Waals surface area contributed by atoms with Gasteiger partial charge in [-0.15, -0.1) is 0 Å². The van der Waals surface area contributed by atoms with E-state index in [0.29, 0.717) is 11.3 Å². The van der Waals surface area contributed by atoms with Crippen LogP contribution in [0.25, 0.3) is 0 Å². The van der Waals surface area contributed by atoms with E-state index in [2.05, 4.69) is 4.98 Å². The highest BCUT2D eigenvalue weighted by Crippen LogP contribution is 2.40.